The Labute approximate surface area is 175 Å². The Bertz CT molecular complexity index is 1030. The van der Waals surface area contributed by atoms with Crippen molar-refractivity contribution in [3.05, 3.63) is 64.8 Å². The molecule has 2 fully saturated rings. The fourth-order valence-corrected chi connectivity index (χ4v) is 5.30. The van der Waals surface area contributed by atoms with Crippen LogP contribution in [-0.4, -0.2) is 46.5 Å². The largest absolute Gasteiger partial charge is 0.339 e. The van der Waals surface area contributed by atoms with Crippen LogP contribution in [0.15, 0.2) is 47.8 Å². The molecule has 0 unspecified atom stereocenters. The molecule has 0 N–H and O–H groups in total. The van der Waals surface area contributed by atoms with Crippen molar-refractivity contribution in [1.29, 1.82) is 0 Å². The number of carbonyl (C=O) groups excluding carboxylic acids is 1. The molecule has 2 aromatic heterocycles. The van der Waals surface area contributed by atoms with E-state index in [1.165, 1.54) is 0 Å². The van der Waals surface area contributed by atoms with Crippen molar-refractivity contribution in [2.24, 2.45) is 5.92 Å². The second kappa shape index (κ2) is 7.26. The number of anilines is 1. The predicted octanol–water partition coefficient (Wildman–Crippen LogP) is 4.17. The number of aromatic nitrogens is 2. The summed E-state index contributed by atoms with van der Waals surface area (Å²) < 4.78 is 0. The van der Waals surface area contributed by atoms with Gasteiger partial charge >= 0.3 is 0 Å². The first kappa shape index (κ1) is 18.3. The number of hydrogen-bond acceptors (Lipinski definition) is 5. The summed E-state index contributed by atoms with van der Waals surface area (Å²) in [5.41, 5.74) is 3.80. The van der Waals surface area contributed by atoms with Gasteiger partial charge < -0.3 is 9.80 Å². The molecule has 0 aliphatic carbocycles. The van der Waals surface area contributed by atoms with E-state index in [4.69, 9.17) is 0 Å². The molecule has 0 bridgehead atoms. The molecule has 1 aromatic carbocycles. The van der Waals surface area contributed by atoms with Gasteiger partial charge in [0.05, 0.1) is 6.04 Å². The molecule has 2 atom stereocenters. The van der Waals surface area contributed by atoms with Crippen LogP contribution >= 0.6 is 11.3 Å². The minimum absolute atomic E-state index is 0.137. The maximum Gasteiger partial charge on any atom is 0.254 e. The van der Waals surface area contributed by atoms with Gasteiger partial charge in [-0.1, -0.05) is 24.3 Å². The Balaban J connectivity index is 1.38. The van der Waals surface area contributed by atoms with E-state index < -0.39 is 0 Å². The molecule has 5 rings (SSSR count). The van der Waals surface area contributed by atoms with Crippen LogP contribution in [0.3, 0.4) is 0 Å². The maximum atomic E-state index is 13.4. The average molecular weight is 405 g/mol. The lowest BCUT2D eigenvalue weighted by molar-refractivity contribution is 0.00775. The smallest absolute Gasteiger partial charge is 0.254 e. The quantitative estimate of drug-likeness (QED) is 0.657. The first-order valence-electron chi connectivity index (χ1n) is 10.1. The van der Waals surface area contributed by atoms with E-state index in [0.717, 1.165) is 59.4 Å². The highest BCUT2D eigenvalue weighted by Crippen LogP contribution is 2.37. The van der Waals surface area contributed by atoms with Gasteiger partial charge in [-0.05, 0) is 43.8 Å². The summed E-state index contributed by atoms with van der Waals surface area (Å²) in [6.07, 6.45) is 1.08. The van der Waals surface area contributed by atoms with Crippen LogP contribution in [0, 0.1) is 19.8 Å². The first-order valence-corrected chi connectivity index (χ1v) is 11.0. The van der Waals surface area contributed by atoms with Gasteiger partial charge in [0.2, 0.25) is 5.95 Å². The van der Waals surface area contributed by atoms with E-state index in [2.05, 4.69) is 26.3 Å². The molecular formula is C23H24N4OS. The zero-order valence-electron chi connectivity index (χ0n) is 16.7. The Morgan fingerprint density at radius 2 is 1.86 bits per heavy atom. The molecule has 148 valence electrons. The summed E-state index contributed by atoms with van der Waals surface area (Å²) in [5, 5.41) is 2.05. The van der Waals surface area contributed by atoms with Gasteiger partial charge in [-0.25, -0.2) is 9.97 Å². The molecule has 4 heterocycles. The van der Waals surface area contributed by atoms with Crippen LogP contribution in [0.4, 0.5) is 5.95 Å². The number of piperidine rings is 1. The summed E-state index contributed by atoms with van der Waals surface area (Å²) in [5.74, 6) is 1.51. The fourth-order valence-electron chi connectivity index (χ4n) is 4.53. The summed E-state index contributed by atoms with van der Waals surface area (Å²) in [7, 11) is 0. The second-order valence-corrected chi connectivity index (χ2v) is 8.94. The number of nitrogens with zero attached hydrogens (tertiary/aromatic N) is 4. The van der Waals surface area contributed by atoms with Crippen molar-refractivity contribution >= 4 is 23.2 Å². The van der Waals surface area contributed by atoms with E-state index in [0.29, 0.717) is 5.92 Å². The number of aryl methyl sites for hydroxylation is 2. The Morgan fingerprint density at radius 1 is 1.07 bits per heavy atom. The number of carbonyl (C=O) groups is 1. The third-order valence-corrected chi connectivity index (χ3v) is 6.91. The molecule has 3 aromatic rings. The molecule has 2 aliphatic rings. The van der Waals surface area contributed by atoms with Gasteiger partial charge in [-0.3, -0.25) is 4.79 Å². The van der Waals surface area contributed by atoms with Crippen LogP contribution < -0.4 is 4.90 Å². The Hall–Kier alpha value is -2.73. The lowest BCUT2D eigenvalue weighted by Crippen LogP contribution is -2.66. The van der Waals surface area contributed by atoms with E-state index in [9.17, 15) is 4.79 Å². The van der Waals surface area contributed by atoms with Crippen molar-refractivity contribution in [2.75, 3.05) is 24.5 Å². The SMILES string of the molecule is Cc1cc(C)nc(N2CC[C@H]3CN(C(=O)c4ccccc4-c4cccs4)[C@H]3C2)n1. The zero-order chi connectivity index (χ0) is 20.0. The van der Waals surface area contributed by atoms with Crippen molar-refractivity contribution in [2.45, 2.75) is 26.3 Å². The zero-order valence-corrected chi connectivity index (χ0v) is 17.5. The van der Waals surface area contributed by atoms with Crippen LogP contribution in [-0.2, 0) is 0 Å². The second-order valence-electron chi connectivity index (χ2n) is 7.99. The van der Waals surface area contributed by atoms with Crippen LogP contribution in [0.25, 0.3) is 10.4 Å². The van der Waals surface area contributed by atoms with E-state index in [1.54, 1.807) is 11.3 Å². The predicted molar refractivity (Wildman–Crippen MR) is 116 cm³/mol. The number of amides is 1. The van der Waals surface area contributed by atoms with Gasteiger partial charge in [0.1, 0.15) is 0 Å². The van der Waals surface area contributed by atoms with Crippen molar-refractivity contribution < 1.29 is 4.79 Å². The van der Waals surface area contributed by atoms with Gasteiger partial charge in [0.25, 0.3) is 5.91 Å². The molecule has 5 nitrogen and oxygen atoms in total. The first-order chi connectivity index (χ1) is 14.1. The van der Waals surface area contributed by atoms with E-state index in [-0.39, 0.29) is 11.9 Å². The summed E-state index contributed by atoms with van der Waals surface area (Å²) >= 11 is 1.67. The number of benzene rings is 1. The Morgan fingerprint density at radius 3 is 2.62 bits per heavy atom. The highest BCUT2D eigenvalue weighted by Gasteiger charge is 2.45. The summed E-state index contributed by atoms with van der Waals surface area (Å²) in [6.45, 7) is 6.62. The fraction of sp³-hybridized carbons (Fsp3) is 0.348. The molecular weight excluding hydrogens is 380 g/mol. The molecule has 0 radical (unpaired) electrons. The van der Waals surface area contributed by atoms with E-state index in [1.807, 2.05) is 55.1 Å². The third-order valence-electron chi connectivity index (χ3n) is 6.01. The number of hydrogen-bond donors (Lipinski definition) is 0. The van der Waals surface area contributed by atoms with Gasteiger partial charge in [-0.2, -0.15) is 0 Å². The lowest BCUT2D eigenvalue weighted by Gasteiger charge is -2.53. The van der Waals surface area contributed by atoms with Crippen molar-refractivity contribution in [3.8, 4) is 10.4 Å². The minimum Gasteiger partial charge on any atom is -0.339 e. The molecule has 0 saturated carbocycles. The number of fused-ring (bicyclic) bond motifs is 1. The van der Waals surface area contributed by atoms with Crippen LogP contribution in [0.5, 0.6) is 0 Å². The number of likely N-dealkylation sites (tertiary alicyclic amines) is 1. The topological polar surface area (TPSA) is 49.3 Å². The summed E-state index contributed by atoms with van der Waals surface area (Å²) in [6, 6.07) is 14.3. The van der Waals surface area contributed by atoms with Crippen molar-refractivity contribution in [1.82, 2.24) is 14.9 Å². The average Bonchev–Trinajstić information content (AvgIpc) is 3.23. The maximum absolute atomic E-state index is 13.4. The highest BCUT2D eigenvalue weighted by molar-refractivity contribution is 7.13. The van der Waals surface area contributed by atoms with Crippen LogP contribution in [0.2, 0.25) is 0 Å². The standard InChI is InChI=1S/C23H24N4OS/c1-15-12-16(2)25-23(24-15)26-10-9-17-13-27(20(17)14-26)22(28)19-7-4-3-6-18(19)21-8-5-11-29-21/h3-8,11-12,17,20H,9-10,13-14H2,1-2H3/t17-,20-/m0/s1. The third kappa shape index (κ3) is 3.31. The van der Waals surface area contributed by atoms with Crippen molar-refractivity contribution in [3.63, 3.8) is 0 Å². The molecule has 2 saturated heterocycles. The lowest BCUT2D eigenvalue weighted by atomic mass is 9.81. The minimum atomic E-state index is 0.137. The molecule has 29 heavy (non-hydrogen) atoms. The van der Waals surface area contributed by atoms with Crippen LogP contribution in [0.1, 0.15) is 28.2 Å². The van der Waals surface area contributed by atoms with Gasteiger partial charge in [0, 0.05) is 52.9 Å². The molecule has 2 aliphatic heterocycles. The van der Waals surface area contributed by atoms with Gasteiger partial charge in [0.15, 0.2) is 0 Å². The number of rotatable bonds is 3. The summed E-state index contributed by atoms with van der Waals surface area (Å²) in [4.78, 5) is 28.1. The monoisotopic (exact) mass is 404 g/mol. The van der Waals surface area contributed by atoms with Gasteiger partial charge in [-0.15, -0.1) is 11.3 Å². The normalized spacial score (nSPS) is 20.9. The van der Waals surface area contributed by atoms with E-state index >= 15 is 0 Å². The molecule has 6 heteroatoms. The molecule has 0 spiro atoms. The highest BCUT2D eigenvalue weighted by atomic mass is 32.1. The Kier molecular flexibility index (Phi) is 4.59. The molecule has 1 amide bonds. The number of thiophene rings is 1.